The van der Waals surface area contributed by atoms with Gasteiger partial charge in [0.05, 0.1) is 6.04 Å². The zero-order valence-electron chi connectivity index (χ0n) is 25.0. The molecule has 14 N–H and O–H groups in total. The molecular formula is C28H45N11O4S. The molecule has 15 nitrogen and oxygen atoms in total. The van der Waals surface area contributed by atoms with E-state index in [0.29, 0.717) is 42.8 Å². The van der Waals surface area contributed by atoms with Crippen molar-refractivity contribution in [3.63, 3.8) is 0 Å². The number of hydrogen-bond donors (Lipinski definition) is 9. The van der Waals surface area contributed by atoms with Crippen molar-refractivity contribution in [1.29, 1.82) is 0 Å². The van der Waals surface area contributed by atoms with Crippen LogP contribution in [0.1, 0.15) is 43.4 Å². The van der Waals surface area contributed by atoms with E-state index < -0.39 is 47.8 Å². The second kappa shape index (κ2) is 18.4. The Morgan fingerprint density at radius 1 is 0.886 bits per heavy atom. The minimum absolute atomic E-state index is 0.0395. The Morgan fingerprint density at radius 3 is 2.11 bits per heavy atom. The third kappa shape index (κ3) is 12.5. The summed E-state index contributed by atoms with van der Waals surface area (Å²) in [4.78, 5) is 59.1. The van der Waals surface area contributed by atoms with Crippen LogP contribution >= 0.6 is 12.2 Å². The predicted octanol–water partition coefficient (Wildman–Crippen LogP) is -1.68. The molecule has 1 aromatic carbocycles. The number of rotatable bonds is 19. The lowest BCUT2D eigenvalue weighted by Gasteiger charge is -2.25. The molecule has 0 aliphatic carbocycles. The number of unbranched alkanes of at least 4 members (excludes halogenated alkanes) is 1. The van der Waals surface area contributed by atoms with Crippen LogP contribution in [-0.4, -0.2) is 76.4 Å². The molecule has 4 amide bonds. The van der Waals surface area contributed by atoms with E-state index in [4.69, 9.17) is 40.9 Å². The van der Waals surface area contributed by atoms with E-state index in [2.05, 4.69) is 25.9 Å². The average Bonchev–Trinajstić information content (AvgIpc) is 3.30. The summed E-state index contributed by atoms with van der Waals surface area (Å²) < 4.78 is 2.09. The Kier molecular flexibility index (Phi) is 15.0. The number of aryl methyl sites for hydroxylation is 1. The largest absolute Gasteiger partial charge is 0.370 e. The first-order valence-electron chi connectivity index (χ1n) is 14.4. The normalized spacial score (nSPS) is 13.6. The van der Waals surface area contributed by atoms with Crippen LogP contribution < -0.4 is 44.6 Å². The number of nitrogens with zero attached hydrogens (tertiary/aromatic N) is 2. The van der Waals surface area contributed by atoms with Crippen molar-refractivity contribution in [1.82, 2.24) is 25.5 Å². The Labute approximate surface area is 261 Å². The number of hydrogen-bond acceptors (Lipinski definition) is 8. The number of aliphatic imine (C=N–C) groups is 1. The van der Waals surface area contributed by atoms with Crippen molar-refractivity contribution in [2.24, 2.45) is 40.7 Å². The second-order valence-electron chi connectivity index (χ2n) is 10.5. The maximum atomic E-state index is 13.6. The zero-order valence-corrected chi connectivity index (χ0v) is 25.8. The van der Waals surface area contributed by atoms with Gasteiger partial charge in [-0.2, -0.15) is 0 Å². The Morgan fingerprint density at radius 2 is 1.52 bits per heavy atom. The Bertz CT molecular complexity index is 1320. The van der Waals surface area contributed by atoms with Crippen molar-refractivity contribution in [3.8, 4) is 0 Å². The van der Waals surface area contributed by atoms with Crippen molar-refractivity contribution in [3.05, 3.63) is 52.6 Å². The van der Waals surface area contributed by atoms with E-state index in [1.165, 1.54) is 0 Å². The molecular weight excluding hydrogens is 586 g/mol. The first-order valence-corrected chi connectivity index (χ1v) is 14.8. The number of guanidine groups is 1. The Balaban J connectivity index is 2.22. The van der Waals surface area contributed by atoms with Crippen LogP contribution in [0.25, 0.3) is 0 Å². The lowest BCUT2D eigenvalue weighted by molar-refractivity contribution is -0.133. The van der Waals surface area contributed by atoms with Gasteiger partial charge < -0.3 is 54.2 Å². The van der Waals surface area contributed by atoms with E-state index in [1.54, 1.807) is 17.8 Å². The fourth-order valence-electron chi connectivity index (χ4n) is 4.39. The molecule has 0 radical (unpaired) electrons. The molecule has 0 bridgehead atoms. The van der Waals surface area contributed by atoms with Crippen molar-refractivity contribution < 1.29 is 19.2 Å². The van der Waals surface area contributed by atoms with Crippen LogP contribution in [0.3, 0.4) is 0 Å². The van der Waals surface area contributed by atoms with Gasteiger partial charge in [-0.1, -0.05) is 30.3 Å². The quantitative estimate of drug-likeness (QED) is 0.0370. The number of nitrogens with one attached hydrogen (secondary N) is 4. The third-order valence-electron chi connectivity index (χ3n) is 6.82. The molecule has 0 saturated heterocycles. The number of carbonyl (C=O) groups is 4. The van der Waals surface area contributed by atoms with Gasteiger partial charge in [0, 0.05) is 38.3 Å². The first-order chi connectivity index (χ1) is 20.9. The molecule has 0 spiro atoms. The van der Waals surface area contributed by atoms with E-state index in [1.807, 2.05) is 30.3 Å². The van der Waals surface area contributed by atoms with Crippen LogP contribution in [0.15, 0.2) is 41.5 Å². The van der Waals surface area contributed by atoms with E-state index in [0.717, 1.165) is 5.56 Å². The summed E-state index contributed by atoms with van der Waals surface area (Å²) in [5.74, 6) is -2.55. The summed E-state index contributed by atoms with van der Waals surface area (Å²) in [5, 5.41) is 8.11. The van der Waals surface area contributed by atoms with E-state index in [-0.39, 0.29) is 31.6 Å². The summed E-state index contributed by atoms with van der Waals surface area (Å²) in [6, 6.07) is 5.01. The summed E-state index contributed by atoms with van der Waals surface area (Å²) in [6.45, 7) is 0.692. The molecule has 0 fully saturated rings. The lowest BCUT2D eigenvalue weighted by atomic mass is 10.0. The van der Waals surface area contributed by atoms with Gasteiger partial charge in [-0.05, 0) is 56.4 Å². The molecule has 1 unspecified atom stereocenters. The van der Waals surface area contributed by atoms with Crippen LogP contribution in [0, 0.1) is 4.77 Å². The second-order valence-corrected chi connectivity index (χ2v) is 10.9. The minimum Gasteiger partial charge on any atom is -0.370 e. The molecule has 242 valence electrons. The fourth-order valence-corrected chi connectivity index (χ4v) is 4.57. The lowest BCUT2D eigenvalue weighted by Crippen LogP contribution is -2.58. The third-order valence-corrected chi connectivity index (χ3v) is 7.21. The van der Waals surface area contributed by atoms with Gasteiger partial charge in [-0.25, -0.2) is 0 Å². The van der Waals surface area contributed by atoms with Gasteiger partial charge in [0.15, 0.2) is 10.7 Å². The van der Waals surface area contributed by atoms with Crippen molar-refractivity contribution >= 4 is 41.8 Å². The molecule has 1 heterocycles. The number of benzene rings is 1. The summed E-state index contributed by atoms with van der Waals surface area (Å²) in [7, 11) is 1.74. The topological polar surface area (TPSA) is 268 Å². The molecule has 4 atom stereocenters. The molecule has 0 aliphatic heterocycles. The minimum atomic E-state index is -1.11. The number of aromatic amines is 1. The molecule has 16 heteroatoms. The molecule has 0 saturated carbocycles. The predicted molar refractivity (Wildman–Crippen MR) is 170 cm³/mol. The molecule has 44 heavy (non-hydrogen) atoms. The molecule has 2 rings (SSSR count). The highest BCUT2D eigenvalue weighted by atomic mass is 32.1. The van der Waals surface area contributed by atoms with Gasteiger partial charge in [-0.3, -0.25) is 24.2 Å². The number of carbonyl (C=O) groups excluding carboxylic acids is 4. The molecule has 0 aliphatic rings. The first kappa shape index (κ1) is 35.9. The smallest absolute Gasteiger partial charge is 0.243 e. The summed E-state index contributed by atoms with van der Waals surface area (Å²) in [5.41, 5.74) is 29.4. The molecule has 2 aromatic rings. The van der Waals surface area contributed by atoms with Crippen LogP contribution in [-0.2, 0) is 39.1 Å². The highest BCUT2D eigenvalue weighted by molar-refractivity contribution is 7.71. The Hall–Kier alpha value is -4.28. The SMILES string of the molecule is Cn1cc(C[C@H](NC(=O)C(N)CCCN=C(N)N)C(=O)N[C@@H](CCCCN)C(=O)N[C@@H](Cc2ccccc2)C(N)=O)[nH]c1=S. The highest BCUT2D eigenvalue weighted by Gasteiger charge is 2.30. The number of amides is 4. The monoisotopic (exact) mass is 631 g/mol. The molecule has 1 aromatic heterocycles. The number of aromatic nitrogens is 2. The van der Waals surface area contributed by atoms with Crippen molar-refractivity contribution in [2.45, 2.75) is 69.1 Å². The standard InChI is InChI=1S/C28H45N11O4S/c1-39-16-18(35-28(39)44)15-22(38-24(41)19(30)10-7-13-34-27(32)33)26(43)36-20(11-5-6-12-29)25(42)37-21(23(31)40)14-17-8-3-2-4-9-17/h2-4,8-9,16,19-22H,5-7,10-15,29-30H2,1H3,(H2,31,40)(H,35,44)(H,36,43)(H,37,42)(H,38,41)(H4,32,33,34)/t19?,20-,21-,22-/m0/s1. The van der Waals surface area contributed by atoms with Crippen LogP contribution in [0.5, 0.6) is 0 Å². The number of primary amides is 1. The maximum Gasteiger partial charge on any atom is 0.243 e. The van der Waals surface area contributed by atoms with E-state index in [9.17, 15) is 19.2 Å². The van der Waals surface area contributed by atoms with Gasteiger partial charge in [0.1, 0.15) is 18.1 Å². The van der Waals surface area contributed by atoms with Crippen molar-refractivity contribution in [2.75, 3.05) is 13.1 Å². The average molecular weight is 632 g/mol. The number of H-pyrrole nitrogens is 1. The highest BCUT2D eigenvalue weighted by Crippen LogP contribution is 2.09. The summed E-state index contributed by atoms with van der Waals surface area (Å²) >= 11 is 5.24. The van der Waals surface area contributed by atoms with Gasteiger partial charge in [0.25, 0.3) is 0 Å². The van der Waals surface area contributed by atoms with Gasteiger partial charge in [0.2, 0.25) is 23.6 Å². The van der Waals surface area contributed by atoms with Gasteiger partial charge >= 0.3 is 0 Å². The van der Waals surface area contributed by atoms with Crippen LogP contribution in [0.4, 0.5) is 0 Å². The zero-order chi connectivity index (χ0) is 32.6. The summed E-state index contributed by atoms with van der Waals surface area (Å²) in [6.07, 6.45) is 4.01. The van der Waals surface area contributed by atoms with E-state index >= 15 is 0 Å². The number of nitrogens with two attached hydrogens (primary N) is 5. The van der Waals surface area contributed by atoms with Gasteiger partial charge in [-0.15, -0.1) is 0 Å². The maximum absolute atomic E-state index is 13.6. The fraction of sp³-hybridized carbons (Fsp3) is 0.500. The van der Waals surface area contributed by atoms with Crippen LogP contribution in [0.2, 0.25) is 0 Å². The number of imidazole rings is 1.